The third kappa shape index (κ3) is 2.12. The van der Waals surface area contributed by atoms with Crippen LogP contribution in [-0.4, -0.2) is 11.9 Å². The zero-order valence-electron chi connectivity index (χ0n) is 14.4. The van der Waals surface area contributed by atoms with E-state index in [1.54, 1.807) is 6.07 Å². The molecule has 0 bridgehead atoms. The highest BCUT2D eigenvalue weighted by atomic mass is 16.5. The first kappa shape index (κ1) is 15.0. The average molecular weight is 348 g/mol. The van der Waals surface area contributed by atoms with Crippen molar-refractivity contribution in [2.75, 3.05) is 11.6 Å². The normalized spacial score (nSPS) is 13.8. The van der Waals surface area contributed by atoms with Gasteiger partial charge in [0.05, 0.1) is 11.9 Å². The summed E-state index contributed by atoms with van der Waals surface area (Å²) in [5.41, 5.74) is 2.13. The summed E-state index contributed by atoms with van der Waals surface area (Å²) in [7, 11) is 0. The zero-order valence-corrected chi connectivity index (χ0v) is 14.4. The highest BCUT2D eigenvalue weighted by Crippen LogP contribution is 2.37. The third-order valence-electron chi connectivity index (χ3n) is 4.83. The Balaban J connectivity index is 1.73. The number of aryl methyl sites for hydroxylation is 2. The van der Waals surface area contributed by atoms with Crippen molar-refractivity contribution < 1.29 is 13.7 Å². The fraction of sp³-hybridized carbons (Fsp3) is 0.200. The van der Waals surface area contributed by atoms with Crippen LogP contribution in [-0.2, 0) is 6.54 Å². The Morgan fingerprint density at radius 3 is 2.65 bits per heavy atom. The number of benzene rings is 2. The van der Waals surface area contributed by atoms with Crippen molar-refractivity contribution in [1.29, 1.82) is 0 Å². The molecule has 1 aliphatic heterocycles. The van der Waals surface area contributed by atoms with Crippen LogP contribution in [0.4, 0.5) is 5.82 Å². The Bertz CT molecular complexity index is 1220. The predicted molar refractivity (Wildman–Crippen MR) is 97.6 cm³/mol. The molecular weight excluding hydrogens is 332 g/mol. The van der Waals surface area contributed by atoms with Crippen molar-refractivity contribution in [1.82, 2.24) is 5.16 Å². The fourth-order valence-electron chi connectivity index (χ4n) is 3.59. The molecule has 130 valence electrons. The van der Waals surface area contributed by atoms with Crippen LogP contribution in [0.2, 0.25) is 0 Å². The van der Waals surface area contributed by atoms with E-state index in [1.807, 2.05) is 49.1 Å². The number of aromatic nitrogens is 1. The molecule has 6 heteroatoms. The van der Waals surface area contributed by atoms with Crippen molar-refractivity contribution in [3.63, 3.8) is 0 Å². The van der Waals surface area contributed by atoms with Gasteiger partial charge in [-0.2, -0.15) is 0 Å². The van der Waals surface area contributed by atoms with Gasteiger partial charge in [0.25, 0.3) is 0 Å². The van der Waals surface area contributed by atoms with E-state index >= 15 is 0 Å². The van der Waals surface area contributed by atoms with Crippen molar-refractivity contribution in [3.8, 4) is 5.75 Å². The highest BCUT2D eigenvalue weighted by molar-refractivity contribution is 6.06. The van der Waals surface area contributed by atoms with Crippen LogP contribution in [0.15, 0.2) is 50.1 Å². The van der Waals surface area contributed by atoms with Gasteiger partial charge in [0.1, 0.15) is 17.1 Å². The van der Waals surface area contributed by atoms with E-state index in [2.05, 4.69) is 5.16 Å². The fourth-order valence-corrected chi connectivity index (χ4v) is 3.59. The Kier molecular flexibility index (Phi) is 3.09. The van der Waals surface area contributed by atoms with Crippen molar-refractivity contribution in [3.05, 3.63) is 63.7 Å². The Labute approximate surface area is 148 Å². The largest absolute Gasteiger partial charge is 0.472 e. The minimum absolute atomic E-state index is 0.327. The van der Waals surface area contributed by atoms with Gasteiger partial charge in [-0.15, -0.1) is 0 Å². The maximum absolute atomic E-state index is 12.3. The van der Waals surface area contributed by atoms with E-state index in [1.165, 1.54) is 0 Å². The van der Waals surface area contributed by atoms with Crippen LogP contribution < -0.4 is 15.3 Å². The molecule has 3 heterocycles. The van der Waals surface area contributed by atoms with Crippen LogP contribution >= 0.6 is 0 Å². The van der Waals surface area contributed by atoms with Gasteiger partial charge in [0.15, 0.2) is 12.5 Å². The predicted octanol–water partition coefficient (Wildman–Crippen LogP) is 3.91. The lowest BCUT2D eigenvalue weighted by molar-refractivity contribution is 0.283. The smallest absolute Gasteiger partial charge is 0.344 e. The van der Waals surface area contributed by atoms with Gasteiger partial charge in [-0.25, -0.2) is 4.79 Å². The molecule has 2 aromatic carbocycles. The first-order valence-corrected chi connectivity index (χ1v) is 8.41. The molecule has 2 aromatic heterocycles. The molecule has 26 heavy (non-hydrogen) atoms. The SMILES string of the molecule is Cc1cc(N2COc3c(cc4c(oc(=O)c5ccccc54)c3C)C2)no1. The molecule has 6 nitrogen and oxygen atoms in total. The molecule has 0 fully saturated rings. The molecule has 0 amide bonds. The van der Waals surface area contributed by atoms with Crippen LogP contribution in [0.1, 0.15) is 16.9 Å². The summed E-state index contributed by atoms with van der Waals surface area (Å²) in [5.74, 6) is 2.27. The number of hydrogen-bond acceptors (Lipinski definition) is 6. The molecule has 0 atom stereocenters. The van der Waals surface area contributed by atoms with Crippen LogP contribution in [0.5, 0.6) is 5.75 Å². The molecule has 5 rings (SSSR count). The topological polar surface area (TPSA) is 68.7 Å². The molecule has 0 aliphatic carbocycles. The van der Waals surface area contributed by atoms with Gasteiger partial charge in [0, 0.05) is 22.6 Å². The molecular formula is C20H16N2O4. The summed E-state index contributed by atoms with van der Waals surface area (Å²) in [4.78, 5) is 14.3. The lowest BCUT2D eigenvalue weighted by atomic mass is 10.00. The van der Waals surface area contributed by atoms with Gasteiger partial charge in [-0.1, -0.05) is 23.4 Å². The lowest BCUT2D eigenvalue weighted by Crippen LogP contribution is -2.32. The van der Waals surface area contributed by atoms with Gasteiger partial charge in [-0.05, 0) is 31.4 Å². The first-order valence-electron chi connectivity index (χ1n) is 8.41. The standard InChI is InChI=1S/C20H16N2O4/c1-11-7-17(21-26-11)22-9-13-8-16-14-5-3-4-6-15(14)20(23)25-19(16)12(2)18(13)24-10-22/h3-8H,9-10H2,1-2H3. The van der Waals surface area contributed by atoms with Crippen LogP contribution in [0.3, 0.4) is 0 Å². The molecule has 4 aromatic rings. The van der Waals surface area contributed by atoms with Gasteiger partial charge >= 0.3 is 5.63 Å². The Morgan fingerprint density at radius 2 is 1.88 bits per heavy atom. The molecule has 0 radical (unpaired) electrons. The van der Waals surface area contributed by atoms with Crippen molar-refractivity contribution in [2.24, 2.45) is 0 Å². The second kappa shape index (κ2) is 5.36. The first-order chi connectivity index (χ1) is 12.6. The summed E-state index contributed by atoms with van der Waals surface area (Å²) < 4.78 is 16.8. The van der Waals surface area contributed by atoms with Crippen LogP contribution in [0, 0.1) is 13.8 Å². The van der Waals surface area contributed by atoms with Gasteiger partial charge < -0.3 is 18.6 Å². The molecule has 1 aliphatic rings. The Hall–Kier alpha value is -3.28. The summed E-state index contributed by atoms with van der Waals surface area (Å²) in [6.07, 6.45) is 0. The highest BCUT2D eigenvalue weighted by Gasteiger charge is 2.24. The number of nitrogens with zero attached hydrogens (tertiary/aromatic N) is 2. The summed E-state index contributed by atoms with van der Waals surface area (Å²) in [6.45, 7) is 4.80. The average Bonchev–Trinajstić information content (AvgIpc) is 3.09. The summed E-state index contributed by atoms with van der Waals surface area (Å²) in [6, 6.07) is 11.4. The number of rotatable bonds is 1. The van der Waals surface area contributed by atoms with E-state index in [-0.39, 0.29) is 5.63 Å². The van der Waals surface area contributed by atoms with Crippen LogP contribution in [0.25, 0.3) is 21.7 Å². The third-order valence-corrected chi connectivity index (χ3v) is 4.83. The molecule has 0 N–H and O–H groups in total. The van der Waals surface area contributed by atoms with E-state index in [0.717, 1.165) is 39.2 Å². The van der Waals surface area contributed by atoms with E-state index < -0.39 is 0 Å². The van der Waals surface area contributed by atoms with Crippen molar-refractivity contribution in [2.45, 2.75) is 20.4 Å². The number of hydrogen-bond donors (Lipinski definition) is 0. The van der Waals surface area contributed by atoms with Gasteiger partial charge in [-0.3, -0.25) is 0 Å². The molecule has 0 spiro atoms. The van der Waals surface area contributed by atoms with Gasteiger partial charge in [0.2, 0.25) is 0 Å². The summed E-state index contributed by atoms with van der Waals surface area (Å²) >= 11 is 0. The maximum atomic E-state index is 12.3. The summed E-state index contributed by atoms with van der Waals surface area (Å²) in [5, 5.41) is 6.46. The molecule has 0 saturated carbocycles. The zero-order chi connectivity index (χ0) is 17.8. The number of anilines is 1. The number of ether oxygens (including phenoxy) is 1. The maximum Gasteiger partial charge on any atom is 0.344 e. The minimum Gasteiger partial charge on any atom is -0.472 e. The van der Waals surface area contributed by atoms with Crippen molar-refractivity contribution >= 4 is 27.6 Å². The van der Waals surface area contributed by atoms with E-state index in [0.29, 0.717) is 24.2 Å². The second-order valence-electron chi connectivity index (χ2n) is 6.57. The molecule has 0 unspecified atom stereocenters. The Morgan fingerprint density at radius 1 is 1.08 bits per heavy atom. The quantitative estimate of drug-likeness (QED) is 0.384. The second-order valence-corrected chi connectivity index (χ2v) is 6.57. The monoisotopic (exact) mass is 348 g/mol. The minimum atomic E-state index is -0.327. The van der Waals surface area contributed by atoms with E-state index in [4.69, 9.17) is 13.7 Å². The van der Waals surface area contributed by atoms with E-state index in [9.17, 15) is 4.79 Å². The molecule has 0 saturated heterocycles. The number of fused-ring (bicyclic) bond motifs is 4. The lowest BCUT2D eigenvalue weighted by Gasteiger charge is -2.30.